The molecular formula is C21H24N4O5S3. The van der Waals surface area contributed by atoms with E-state index in [2.05, 4.69) is 10.2 Å². The van der Waals surface area contributed by atoms with Crippen molar-refractivity contribution < 1.29 is 21.6 Å². The van der Waals surface area contributed by atoms with Crippen LogP contribution >= 0.6 is 11.8 Å². The van der Waals surface area contributed by atoms with E-state index in [1.165, 1.54) is 12.1 Å². The van der Waals surface area contributed by atoms with Gasteiger partial charge in [0.15, 0.2) is 15.0 Å². The third-order valence-electron chi connectivity index (χ3n) is 4.72. The molecule has 0 saturated heterocycles. The summed E-state index contributed by atoms with van der Waals surface area (Å²) in [5.41, 5.74) is 1.85. The maximum atomic E-state index is 12.8. The first kappa shape index (κ1) is 24.9. The lowest BCUT2D eigenvalue weighted by atomic mass is 10.2. The number of nitrogens with zero attached hydrogens (tertiary/aromatic N) is 3. The number of carbonyl (C=O) groups is 1. The Morgan fingerprint density at radius 3 is 2.00 bits per heavy atom. The standard InChI is InChI=1S/C21H24N4O5S3/c1-4-25-19(14-32(27,28)17-9-5-15(2)6-10-17)22-23-21(25)31-13-20(26)24-33(29,30)18-11-7-16(3)8-12-18/h5-12H,4,13-14H2,1-3H3,(H,24,26). The van der Waals surface area contributed by atoms with Gasteiger partial charge in [-0.3, -0.25) is 4.79 Å². The molecule has 3 rings (SSSR count). The summed E-state index contributed by atoms with van der Waals surface area (Å²) in [6.07, 6.45) is 0. The number of nitrogens with one attached hydrogen (secondary N) is 1. The predicted octanol–water partition coefficient (Wildman–Crippen LogP) is 2.49. The van der Waals surface area contributed by atoms with Gasteiger partial charge in [-0.2, -0.15) is 0 Å². The van der Waals surface area contributed by atoms with E-state index in [-0.39, 0.29) is 27.1 Å². The van der Waals surface area contributed by atoms with Crippen molar-refractivity contribution in [2.75, 3.05) is 5.75 Å². The third-order valence-corrected chi connectivity index (χ3v) is 8.71. The van der Waals surface area contributed by atoms with Gasteiger partial charge in [-0.15, -0.1) is 10.2 Å². The molecule has 0 saturated carbocycles. The Morgan fingerprint density at radius 1 is 0.909 bits per heavy atom. The Balaban J connectivity index is 1.68. The first-order valence-corrected chi connectivity index (χ1v) is 14.1. The van der Waals surface area contributed by atoms with Crippen molar-refractivity contribution in [3.05, 3.63) is 65.5 Å². The third kappa shape index (κ3) is 6.21. The van der Waals surface area contributed by atoms with E-state index < -0.39 is 25.8 Å². The highest BCUT2D eigenvalue weighted by Crippen LogP contribution is 2.21. The number of rotatable bonds is 9. The molecule has 12 heteroatoms. The van der Waals surface area contributed by atoms with E-state index in [1.54, 1.807) is 47.9 Å². The lowest BCUT2D eigenvalue weighted by Crippen LogP contribution is -2.32. The van der Waals surface area contributed by atoms with E-state index >= 15 is 0 Å². The zero-order valence-corrected chi connectivity index (χ0v) is 20.8. The number of thioether (sulfide) groups is 1. The first-order valence-electron chi connectivity index (χ1n) is 9.98. The van der Waals surface area contributed by atoms with Crippen LogP contribution in [-0.4, -0.2) is 43.3 Å². The van der Waals surface area contributed by atoms with Crippen LogP contribution in [0.5, 0.6) is 0 Å². The molecule has 176 valence electrons. The molecule has 33 heavy (non-hydrogen) atoms. The van der Waals surface area contributed by atoms with Crippen molar-refractivity contribution in [3.8, 4) is 0 Å². The Kier molecular flexibility index (Phi) is 7.60. The number of aromatic nitrogens is 3. The van der Waals surface area contributed by atoms with Gasteiger partial charge in [-0.05, 0) is 45.0 Å². The van der Waals surface area contributed by atoms with Crippen LogP contribution < -0.4 is 4.72 Å². The van der Waals surface area contributed by atoms with Crippen molar-refractivity contribution in [3.63, 3.8) is 0 Å². The van der Waals surface area contributed by atoms with E-state index in [0.717, 1.165) is 22.9 Å². The molecule has 3 aromatic rings. The van der Waals surface area contributed by atoms with Crippen LogP contribution in [0.3, 0.4) is 0 Å². The number of sulfone groups is 1. The highest BCUT2D eigenvalue weighted by molar-refractivity contribution is 8.00. The van der Waals surface area contributed by atoms with Crippen molar-refractivity contribution in [1.82, 2.24) is 19.5 Å². The van der Waals surface area contributed by atoms with Crippen LogP contribution in [0.1, 0.15) is 23.9 Å². The normalized spacial score (nSPS) is 12.0. The number of benzene rings is 2. The maximum absolute atomic E-state index is 12.8. The predicted molar refractivity (Wildman–Crippen MR) is 125 cm³/mol. The zero-order valence-electron chi connectivity index (χ0n) is 18.3. The molecule has 1 aromatic heterocycles. The van der Waals surface area contributed by atoms with Crippen molar-refractivity contribution in [2.45, 2.75) is 48.0 Å². The molecule has 0 unspecified atom stereocenters. The molecule has 0 fully saturated rings. The van der Waals surface area contributed by atoms with Gasteiger partial charge in [0.25, 0.3) is 10.0 Å². The molecular weight excluding hydrogens is 484 g/mol. The second-order valence-corrected chi connectivity index (χ2v) is 12.0. The van der Waals surface area contributed by atoms with E-state index in [1.807, 2.05) is 18.6 Å². The number of aryl methyl sites for hydroxylation is 2. The number of amides is 1. The minimum atomic E-state index is -3.98. The number of carbonyl (C=O) groups excluding carboxylic acids is 1. The fraction of sp³-hybridized carbons (Fsp3) is 0.286. The van der Waals surface area contributed by atoms with Crippen molar-refractivity contribution in [1.29, 1.82) is 0 Å². The Labute approximate surface area is 197 Å². The van der Waals surface area contributed by atoms with Gasteiger partial charge in [-0.1, -0.05) is 47.2 Å². The Morgan fingerprint density at radius 2 is 1.45 bits per heavy atom. The van der Waals surface area contributed by atoms with E-state index in [9.17, 15) is 21.6 Å². The highest BCUT2D eigenvalue weighted by atomic mass is 32.2. The van der Waals surface area contributed by atoms with Gasteiger partial charge in [0.05, 0.1) is 15.5 Å². The summed E-state index contributed by atoms with van der Waals surface area (Å²) in [6.45, 7) is 5.89. The molecule has 1 amide bonds. The van der Waals surface area contributed by atoms with Gasteiger partial charge < -0.3 is 4.57 Å². The van der Waals surface area contributed by atoms with Gasteiger partial charge in [0.1, 0.15) is 11.6 Å². The smallest absolute Gasteiger partial charge is 0.264 e. The number of hydrogen-bond acceptors (Lipinski definition) is 8. The van der Waals surface area contributed by atoms with Crippen LogP contribution in [0.4, 0.5) is 0 Å². The molecule has 0 aliphatic carbocycles. The summed E-state index contributed by atoms with van der Waals surface area (Å²) in [5.74, 6) is -1.05. The van der Waals surface area contributed by atoms with Gasteiger partial charge in [0.2, 0.25) is 5.91 Å². The Hall–Kier alpha value is -2.70. The zero-order chi connectivity index (χ0) is 24.2. The van der Waals surface area contributed by atoms with Crippen molar-refractivity contribution >= 4 is 37.5 Å². The second kappa shape index (κ2) is 10.1. The average Bonchev–Trinajstić information content (AvgIpc) is 3.13. The van der Waals surface area contributed by atoms with Gasteiger partial charge in [-0.25, -0.2) is 21.6 Å². The number of hydrogen-bond donors (Lipinski definition) is 1. The molecule has 0 aliphatic rings. The highest BCUT2D eigenvalue weighted by Gasteiger charge is 2.22. The first-order chi connectivity index (χ1) is 15.5. The SMILES string of the molecule is CCn1c(CS(=O)(=O)c2ccc(C)cc2)nnc1SCC(=O)NS(=O)(=O)c1ccc(C)cc1. The monoisotopic (exact) mass is 508 g/mol. The summed E-state index contributed by atoms with van der Waals surface area (Å²) in [4.78, 5) is 12.4. The minimum absolute atomic E-state index is 0.00762. The molecule has 2 aromatic carbocycles. The summed E-state index contributed by atoms with van der Waals surface area (Å²) < 4.78 is 53.9. The second-order valence-electron chi connectivity index (χ2n) is 7.35. The number of sulfonamides is 1. The van der Waals surface area contributed by atoms with Gasteiger partial charge >= 0.3 is 0 Å². The fourth-order valence-electron chi connectivity index (χ4n) is 2.93. The largest absolute Gasteiger partial charge is 0.305 e. The van der Waals surface area contributed by atoms with Crippen molar-refractivity contribution in [2.24, 2.45) is 0 Å². The topological polar surface area (TPSA) is 128 Å². The summed E-state index contributed by atoms with van der Waals surface area (Å²) in [5, 5.41) is 8.31. The van der Waals surface area contributed by atoms with Crippen LogP contribution in [0.15, 0.2) is 63.5 Å². The van der Waals surface area contributed by atoms with Crippen LogP contribution in [0.2, 0.25) is 0 Å². The lowest BCUT2D eigenvalue weighted by molar-refractivity contribution is -0.116. The molecule has 1 heterocycles. The molecule has 1 N–H and O–H groups in total. The average molecular weight is 509 g/mol. The van der Waals surface area contributed by atoms with Crippen LogP contribution in [0.25, 0.3) is 0 Å². The lowest BCUT2D eigenvalue weighted by Gasteiger charge is -2.09. The Bertz CT molecular complexity index is 1350. The molecule has 0 spiro atoms. The summed E-state index contributed by atoms with van der Waals surface area (Å²) >= 11 is 0.981. The van der Waals surface area contributed by atoms with E-state index in [0.29, 0.717) is 11.7 Å². The molecule has 0 atom stereocenters. The quantitative estimate of drug-likeness (QED) is 0.437. The van der Waals surface area contributed by atoms with E-state index in [4.69, 9.17) is 0 Å². The molecule has 0 aliphatic heterocycles. The van der Waals surface area contributed by atoms with Crippen LogP contribution in [-0.2, 0) is 37.0 Å². The van der Waals surface area contributed by atoms with Gasteiger partial charge in [0, 0.05) is 6.54 Å². The molecule has 0 bridgehead atoms. The molecule has 9 nitrogen and oxygen atoms in total. The van der Waals surface area contributed by atoms with Crippen LogP contribution in [0, 0.1) is 13.8 Å². The minimum Gasteiger partial charge on any atom is -0.305 e. The summed E-state index contributed by atoms with van der Waals surface area (Å²) in [6, 6.07) is 12.7. The molecule has 0 radical (unpaired) electrons. The fourth-order valence-corrected chi connectivity index (χ4v) is 6.10. The summed E-state index contributed by atoms with van der Waals surface area (Å²) in [7, 11) is -7.61. The maximum Gasteiger partial charge on any atom is 0.264 e.